The molecule has 3 heteroatoms. The maximum absolute atomic E-state index is 13.3. The van der Waals surface area contributed by atoms with E-state index in [1.54, 1.807) is 0 Å². The third kappa shape index (κ3) is 2.57. The van der Waals surface area contributed by atoms with Crippen molar-refractivity contribution in [2.75, 3.05) is 6.54 Å². The number of H-pyrrole nitrogens is 1. The van der Waals surface area contributed by atoms with E-state index in [2.05, 4.69) is 22.4 Å². The van der Waals surface area contributed by atoms with Crippen molar-refractivity contribution >= 4 is 16.7 Å². The van der Waals surface area contributed by atoms with Crippen LogP contribution in [-0.4, -0.2) is 22.9 Å². The first kappa shape index (κ1) is 14.2. The Morgan fingerprint density at radius 2 is 1.96 bits per heavy atom. The van der Waals surface area contributed by atoms with E-state index in [4.69, 9.17) is 0 Å². The number of hydrogen-bond donors (Lipinski definition) is 2. The Morgan fingerprint density at radius 3 is 2.74 bits per heavy atom. The normalized spacial score (nSPS) is 20.9. The van der Waals surface area contributed by atoms with Gasteiger partial charge in [-0.2, -0.15) is 0 Å². The van der Waals surface area contributed by atoms with Crippen molar-refractivity contribution in [3.05, 3.63) is 71.9 Å². The van der Waals surface area contributed by atoms with Crippen molar-refractivity contribution in [1.82, 2.24) is 10.3 Å². The number of benzene rings is 2. The van der Waals surface area contributed by atoms with Gasteiger partial charge in [0.2, 0.25) is 0 Å². The lowest BCUT2D eigenvalue weighted by Gasteiger charge is -2.28. The predicted octanol–water partition coefficient (Wildman–Crippen LogP) is 3.72. The zero-order valence-corrected chi connectivity index (χ0v) is 13.0. The Bertz CT molecular complexity index is 829. The van der Waals surface area contributed by atoms with Crippen LogP contribution >= 0.6 is 0 Å². The molecule has 3 nitrogen and oxygen atoms in total. The van der Waals surface area contributed by atoms with Crippen molar-refractivity contribution in [2.45, 2.75) is 24.8 Å². The summed E-state index contributed by atoms with van der Waals surface area (Å²) >= 11 is 0. The van der Waals surface area contributed by atoms with Gasteiger partial charge in [-0.3, -0.25) is 4.79 Å². The molecule has 1 aliphatic heterocycles. The van der Waals surface area contributed by atoms with Crippen LogP contribution in [0.25, 0.3) is 10.9 Å². The lowest BCUT2D eigenvalue weighted by Crippen LogP contribution is -2.49. The fourth-order valence-corrected chi connectivity index (χ4v) is 3.65. The van der Waals surface area contributed by atoms with E-state index < -0.39 is 5.54 Å². The van der Waals surface area contributed by atoms with Gasteiger partial charge in [0.25, 0.3) is 0 Å². The molecule has 0 saturated carbocycles. The van der Waals surface area contributed by atoms with Crippen molar-refractivity contribution in [2.24, 2.45) is 0 Å². The van der Waals surface area contributed by atoms with Gasteiger partial charge in [-0.1, -0.05) is 30.3 Å². The van der Waals surface area contributed by atoms with Crippen LogP contribution in [0.5, 0.6) is 0 Å². The molecule has 0 aliphatic carbocycles. The quantitative estimate of drug-likeness (QED) is 0.722. The summed E-state index contributed by atoms with van der Waals surface area (Å²) in [5, 5.41) is 4.59. The van der Waals surface area contributed by atoms with Gasteiger partial charge in [0.15, 0.2) is 5.78 Å². The number of hydrogen-bond acceptors (Lipinski definition) is 2. The fraction of sp³-hybridized carbons (Fsp3) is 0.250. The topological polar surface area (TPSA) is 44.9 Å². The minimum Gasteiger partial charge on any atom is -0.361 e. The van der Waals surface area contributed by atoms with E-state index in [1.165, 1.54) is 5.56 Å². The Labute approximate surface area is 135 Å². The van der Waals surface area contributed by atoms with E-state index in [0.29, 0.717) is 0 Å². The summed E-state index contributed by atoms with van der Waals surface area (Å²) < 4.78 is 0. The van der Waals surface area contributed by atoms with Gasteiger partial charge in [0.1, 0.15) is 0 Å². The van der Waals surface area contributed by atoms with E-state index in [0.717, 1.165) is 42.3 Å². The van der Waals surface area contributed by atoms with Crippen LogP contribution < -0.4 is 5.32 Å². The summed E-state index contributed by atoms with van der Waals surface area (Å²) in [4.78, 5) is 16.4. The second-order valence-electron chi connectivity index (χ2n) is 6.38. The zero-order valence-electron chi connectivity index (χ0n) is 13.0. The van der Waals surface area contributed by atoms with Gasteiger partial charge in [-0.05, 0) is 55.6 Å². The molecule has 1 aliphatic rings. The number of carbonyl (C=O) groups is 1. The Kier molecular flexibility index (Phi) is 3.50. The molecule has 2 N–H and O–H groups in total. The molecule has 1 fully saturated rings. The SMILES string of the molecule is O=C(c1ccc2[nH]ccc2c1)[C@@]1(Cc2ccccc2)CCCN1. The minimum absolute atomic E-state index is 0.210. The number of aromatic amines is 1. The summed E-state index contributed by atoms with van der Waals surface area (Å²) in [6.45, 7) is 0.908. The molecule has 1 atom stereocenters. The van der Waals surface area contributed by atoms with Crippen molar-refractivity contribution in [1.29, 1.82) is 0 Å². The fourth-order valence-electron chi connectivity index (χ4n) is 3.65. The smallest absolute Gasteiger partial charge is 0.183 e. The van der Waals surface area contributed by atoms with Crippen LogP contribution in [0.1, 0.15) is 28.8 Å². The highest BCUT2D eigenvalue weighted by atomic mass is 16.1. The second kappa shape index (κ2) is 5.67. The summed E-state index contributed by atoms with van der Waals surface area (Å²) in [6, 6.07) is 18.2. The molecular formula is C20H20N2O. The van der Waals surface area contributed by atoms with Gasteiger partial charge in [0.05, 0.1) is 5.54 Å². The Morgan fingerprint density at radius 1 is 1.09 bits per heavy atom. The summed E-state index contributed by atoms with van der Waals surface area (Å²) in [5.41, 5.74) is 2.60. The van der Waals surface area contributed by atoms with Crippen LogP contribution in [-0.2, 0) is 6.42 Å². The maximum atomic E-state index is 13.3. The number of nitrogens with one attached hydrogen (secondary N) is 2. The largest absolute Gasteiger partial charge is 0.361 e. The maximum Gasteiger partial charge on any atom is 0.183 e. The lowest BCUT2D eigenvalue weighted by molar-refractivity contribution is 0.0867. The number of fused-ring (bicyclic) bond motifs is 1. The molecule has 0 bridgehead atoms. The van der Waals surface area contributed by atoms with Crippen LogP contribution in [0.4, 0.5) is 0 Å². The second-order valence-corrected chi connectivity index (χ2v) is 6.38. The summed E-state index contributed by atoms with van der Waals surface area (Å²) in [6.07, 6.45) is 4.60. The Balaban J connectivity index is 1.70. The first-order valence-corrected chi connectivity index (χ1v) is 8.18. The first-order chi connectivity index (χ1) is 11.3. The number of rotatable bonds is 4. The highest BCUT2D eigenvalue weighted by molar-refractivity contribution is 6.05. The Hall–Kier alpha value is -2.39. The van der Waals surface area contributed by atoms with E-state index in [1.807, 2.05) is 48.7 Å². The van der Waals surface area contributed by atoms with Gasteiger partial charge < -0.3 is 10.3 Å². The molecule has 3 aromatic rings. The molecule has 116 valence electrons. The molecule has 4 rings (SSSR count). The molecule has 0 radical (unpaired) electrons. The molecule has 23 heavy (non-hydrogen) atoms. The number of Topliss-reactive ketones (excluding diaryl/α,β-unsaturated/α-hetero) is 1. The number of aromatic nitrogens is 1. The standard InChI is InChI=1S/C20H20N2O/c23-19(17-7-8-18-16(13-17)9-12-21-18)20(10-4-11-22-20)14-15-5-2-1-3-6-15/h1-3,5-9,12-13,21-22H,4,10-11,14H2/t20-/m0/s1. The van der Waals surface area contributed by atoms with Crippen LogP contribution in [0, 0.1) is 0 Å². The van der Waals surface area contributed by atoms with Crippen LogP contribution in [0.3, 0.4) is 0 Å². The van der Waals surface area contributed by atoms with Crippen molar-refractivity contribution < 1.29 is 4.79 Å². The number of ketones is 1. The van der Waals surface area contributed by atoms with Crippen molar-refractivity contribution in [3.63, 3.8) is 0 Å². The molecular weight excluding hydrogens is 284 g/mol. The molecule has 0 unspecified atom stereocenters. The molecule has 0 amide bonds. The van der Waals surface area contributed by atoms with E-state index >= 15 is 0 Å². The highest BCUT2D eigenvalue weighted by Crippen LogP contribution is 2.29. The van der Waals surface area contributed by atoms with E-state index in [-0.39, 0.29) is 5.78 Å². The van der Waals surface area contributed by atoms with Crippen molar-refractivity contribution in [3.8, 4) is 0 Å². The molecule has 1 aromatic heterocycles. The van der Waals surface area contributed by atoms with Gasteiger partial charge >= 0.3 is 0 Å². The number of carbonyl (C=O) groups excluding carboxylic acids is 1. The molecule has 1 saturated heterocycles. The van der Waals surface area contributed by atoms with Gasteiger partial charge in [0, 0.05) is 22.7 Å². The molecule has 2 aromatic carbocycles. The van der Waals surface area contributed by atoms with Crippen LogP contribution in [0.15, 0.2) is 60.8 Å². The third-order valence-corrected chi connectivity index (χ3v) is 4.84. The van der Waals surface area contributed by atoms with Gasteiger partial charge in [-0.15, -0.1) is 0 Å². The first-order valence-electron chi connectivity index (χ1n) is 8.18. The minimum atomic E-state index is -0.467. The average Bonchev–Trinajstić information content (AvgIpc) is 3.24. The average molecular weight is 304 g/mol. The monoisotopic (exact) mass is 304 g/mol. The van der Waals surface area contributed by atoms with E-state index in [9.17, 15) is 4.79 Å². The summed E-state index contributed by atoms with van der Waals surface area (Å²) in [5.74, 6) is 0.210. The third-order valence-electron chi connectivity index (χ3n) is 4.84. The summed E-state index contributed by atoms with van der Waals surface area (Å²) in [7, 11) is 0. The highest BCUT2D eigenvalue weighted by Gasteiger charge is 2.41. The molecule has 2 heterocycles. The lowest BCUT2D eigenvalue weighted by atomic mass is 9.82. The molecule has 0 spiro atoms. The zero-order chi connectivity index (χ0) is 15.7. The van der Waals surface area contributed by atoms with Crippen LogP contribution in [0.2, 0.25) is 0 Å². The predicted molar refractivity (Wildman–Crippen MR) is 92.7 cm³/mol. The van der Waals surface area contributed by atoms with Gasteiger partial charge in [-0.25, -0.2) is 0 Å².